The van der Waals surface area contributed by atoms with Gasteiger partial charge < -0.3 is 0 Å². The first-order valence-electron chi connectivity index (χ1n) is 7.85. The molecule has 23 heavy (non-hydrogen) atoms. The number of nitriles is 1. The molecular formula is C17H18FNO3S. The number of halogens is 1. The summed E-state index contributed by atoms with van der Waals surface area (Å²) in [5, 5.41) is 8.27. The molecule has 2 aliphatic heterocycles. The maximum absolute atomic E-state index is 13.2. The zero-order valence-electron chi connectivity index (χ0n) is 12.7. The molecule has 0 saturated carbocycles. The number of Topliss-reactive ketones (excluding diaryl/α,β-unsaturated/α-hetero) is 1. The highest BCUT2D eigenvalue weighted by molar-refractivity contribution is 7.92. The van der Waals surface area contributed by atoms with Gasteiger partial charge in [0.15, 0.2) is 9.84 Å². The van der Waals surface area contributed by atoms with E-state index >= 15 is 0 Å². The van der Waals surface area contributed by atoms with Crippen molar-refractivity contribution in [2.45, 2.75) is 49.0 Å². The predicted molar refractivity (Wildman–Crippen MR) is 82.9 cm³/mol. The number of rotatable bonds is 3. The third-order valence-corrected chi connectivity index (χ3v) is 7.80. The molecule has 122 valence electrons. The topological polar surface area (TPSA) is 75.0 Å². The molecule has 1 aromatic rings. The second-order valence-electron chi connectivity index (χ2n) is 6.49. The van der Waals surface area contributed by atoms with Crippen molar-refractivity contribution >= 4 is 15.6 Å². The summed E-state index contributed by atoms with van der Waals surface area (Å²) in [5.41, 5.74) is 0.680. The fraction of sp³-hybridized carbons (Fsp3) is 0.529. The highest BCUT2D eigenvalue weighted by Gasteiger charge is 2.45. The molecule has 1 aromatic carbocycles. The molecule has 2 atom stereocenters. The van der Waals surface area contributed by atoms with E-state index in [0.717, 1.165) is 12.5 Å². The van der Waals surface area contributed by atoms with Crippen LogP contribution in [0.3, 0.4) is 0 Å². The summed E-state index contributed by atoms with van der Waals surface area (Å²) >= 11 is 0. The summed E-state index contributed by atoms with van der Waals surface area (Å²) in [7, 11) is -3.08. The number of carbonyl (C=O) groups excluding carboxylic acids is 1. The van der Waals surface area contributed by atoms with Gasteiger partial charge in [-0.15, -0.1) is 0 Å². The molecule has 0 N–H and O–H groups in total. The molecule has 4 nitrogen and oxygen atoms in total. The van der Waals surface area contributed by atoms with Crippen molar-refractivity contribution in [1.82, 2.24) is 0 Å². The van der Waals surface area contributed by atoms with Crippen LogP contribution in [-0.2, 0) is 21.1 Å². The van der Waals surface area contributed by atoms with Crippen molar-refractivity contribution < 1.29 is 17.6 Å². The van der Waals surface area contributed by atoms with E-state index in [2.05, 4.69) is 0 Å². The van der Waals surface area contributed by atoms with Gasteiger partial charge in [0.1, 0.15) is 11.6 Å². The van der Waals surface area contributed by atoms with Crippen molar-refractivity contribution in [3.63, 3.8) is 0 Å². The van der Waals surface area contributed by atoms with Gasteiger partial charge in [-0.1, -0.05) is 12.5 Å². The Hall–Kier alpha value is -1.74. The summed E-state index contributed by atoms with van der Waals surface area (Å²) in [6.07, 6.45) is 3.03. The summed E-state index contributed by atoms with van der Waals surface area (Å²) in [5.74, 6) is -0.818. The highest BCUT2D eigenvalue weighted by atomic mass is 32.2. The van der Waals surface area contributed by atoms with Gasteiger partial charge in [-0.2, -0.15) is 5.26 Å². The quantitative estimate of drug-likeness (QED) is 0.851. The number of hydrogen-bond acceptors (Lipinski definition) is 4. The van der Waals surface area contributed by atoms with Gasteiger partial charge in [-0.3, -0.25) is 4.79 Å². The maximum atomic E-state index is 13.2. The van der Waals surface area contributed by atoms with Crippen LogP contribution in [0.1, 0.15) is 43.2 Å². The van der Waals surface area contributed by atoms with E-state index in [1.807, 2.05) is 6.07 Å². The number of fused-ring (bicyclic) bond motifs is 2. The van der Waals surface area contributed by atoms with Crippen molar-refractivity contribution in [2.24, 2.45) is 5.92 Å². The summed E-state index contributed by atoms with van der Waals surface area (Å²) < 4.78 is 37.7. The Balaban J connectivity index is 1.77. The molecule has 0 aromatic heterocycles. The summed E-state index contributed by atoms with van der Waals surface area (Å²) in [6, 6.07) is 5.74. The standard InChI is InChI=1S/C17H18FNO3S/c18-14-5-4-11(13(6-14)10-19)9-17(20)12-7-15-2-1-3-16(8-12)23(15,21)22/h4-6,12,15-16H,1-3,7-9H2. The van der Waals surface area contributed by atoms with E-state index in [4.69, 9.17) is 5.26 Å². The lowest BCUT2D eigenvalue weighted by Gasteiger charge is -2.38. The van der Waals surface area contributed by atoms with Crippen LogP contribution in [0.2, 0.25) is 0 Å². The van der Waals surface area contributed by atoms with Gasteiger partial charge in [0.25, 0.3) is 0 Å². The van der Waals surface area contributed by atoms with Crippen LogP contribution in [0.4, 0.5) is 4.39 Å². The molecule has 0 spiro atoms. The molecule has 6 heteroatoms. The SMILES string of the molecule is N#Cc1cc(F)ccc1CC(=O)C1CC2CCCC(C1)S2(=O)=O. The molecule has 0 aliphatic carbocycles. The Labute approximate surface area is 135 Å². The number of hydrogen-bond donors (Lipinski definition) is 0. The highest BCUT2D eigenvalue weighted by Crippen LogP contribution is 2.40. The number of carbonyl (C=O) groups is 1. The first kappa shape index (κ1) is 16.1. The Morgan fingerprint density at radius 2 is 1.91 bits per heavy atom. The van der Waals surface area contributed by atoms with Gasteiger partial charge in [-0.05, 0) is 43.4 Å². The molecule has 0 amide bonds. The Bertz CT molecular complexity index is 762. The smallest absolute Gasteiger partial charge is 0.156 e. The summed E-state index contributed by atoms with van der Waals surface area (Å²) in [4.78, 5) is 12.6. The summed E-state index contributed by atoms with van der Waals surface area (Å²) in [6.45, 7) is 0. The fourth-order valence-corrected chi connectivity index (χ4v) is 6.35. The Morgan fingerprint density at radius 3 is 2.52 bits per heavy atom. The van der Waals surface area contributed by atoms with Crippen LogP contribution in [0.15, 0.2) is 18.2 Å². The van der Waals surface area contributed by atoms with Crippen molar-refractivity contribution in [1.29, 1.82) is 5.26 Å². The minimum Gasteiger partial charge on any atom is -0.299 e. The van der Waals surface area contributed by atoms with Crippen molar-refractivity contribution in [3.8, 4) is 6.07 Å². The van der Waals surface area contributed by atoms with Gasteiger partial charge in [0.05, 0.1) is 22.1 Å². The second kappa shape index (κ2) is 6.04. The van der Waals surface area contributed by atoms with Gasteiger partial charge in [0.2, 0.25) is 0 Å². The molecule has 2 fully saturated rings. The second-order valence-corrected chi connectivity index (χ2v) is 9.00. The van der Waals surface area contributed by atoms with Crippen LogP contribution < -0.4 is 0 Å². The number of benzene rings is 1. The van der Waals surface area contributed by atoms with E-state index < -0.39 is 26.2 Å². The van der Waals surface area contributed by atoms with Gasteiger partial charge in [0, 0.05) is 12.3 Å². The monoisotopic (exact) mass is 335 g/mol. The molecular weight excluding hydrogens is 317 g/mol. The Kier molecular flexibility index (Phi) is 4.24. The van der Waals surface area contributed by atoms with Crippen LogP contribution >= 0.6 is 0 Å². The zero-order chi connectivity index (χ0) is 16.6. The van der Waals surface area contributed by atoms with Crippen LogP contribution in [-0.4, -0.2) is 24.7 Å². The van der Waals surface area contributed by atoms with Crippen LogP contribution in [0.5, 0.6) is 0 Å². The van der Waals surface area contributed by atoms with Crippen LogP contribution in [0.25, 0.3) is 0 Å². The Morgan fingerprint density at radius 1 is 1.26 bits per heavy atom. The third kappa shape index (κ3) is 3.02. The molecule has 3 rings (SSSR count). The van der Waals surface area contributed by atoms with E-state index in [1.54, 1.807) is 0 Å². The first-order valence-corrected chi connectivity index (χ1v) is 9.46. The van der Waals surface area contributed by atoms with E-state index in [9.17, 15) is 17.6 Å². The molecule has 2 saturated heterocycles. The number of nitrogens with zero attached hydrogens (tertiary/aromatic N) is 1. The average molecular weight is 335 g/mol. The van der Waals surface area contributed by atoms with Crippen molar-refractivity contribution in [2.75, 3.05) is 0 Å². The van der Waals surface area contributed by atoms with E-state index in [0.29, 0.717) is 31.2 Å². The lowest BCUT2D eigenvalue weighted by molar-refractivity contribution is -0.122. The molecule has 0 radical (unpaired) electrons. The lowest BCUT2D eigenvalue weighted by Crippen LogP contribution is -2.45. The molecule has 2 aliphatic rings. The number of ketones is 1. The minimum atomic E-state index is -3.08. The van der Waals surface area contributed by atoms with Gasteiger partial charge in [-0.25, -0.2) is 12.8 Å². The molecule has 2 unspecified atom stereocenters. The molecule has 2 bridgehead atoms. The van der Waals surface area contributed by atoms with Crippen molar-refractivity contribution in [3.05, 3.63) is 35.1 Å². The minimum absolute atomic E-state index is 0.0418. The first-order chi connectivity index (χ1) is 10.9. The number of sulfone groups is 1. The van der Waals surface area contributed by atoms with E-state index in [-0.39, 0.29) is 23.7 Å². The zero-order valence-corrected chi connectivity index (χ0v) is 13.5. The average Bonchev–Trinajstić information content (AvgIpc) is 2.47. The van der Waals surface area contributed by atoms with Crippen LogP contribution in [0, 0.1) is 23.1 Å². The lowest BCUT2D eigenvalue weighted by atomic mass is 9.84. The normalized spacial score (nSPS) is 28.8. The third-order valence-electron chi connectivity index (χ3n) is 5.09. The molecule has 2 heterocycles. The fourth-order valence-electron chi connectivity index (χ4n) is 3.81. The maximum Gasteiger partial charge on any atom is 0.156 e. The largest absolute Gasteiger partial charge is 0.299 e. The van der Waals surface area contributed by atoms with E-state index in [1.165, 1.54) is 12.1 Å². The predicted octanol–water partition coefficient (Wildman–Crippen LogP) is 2.55. The van der Waals surface area contributed by atoms with Gasteiger partial charge >= 0.3 is 0 Å².